The van der Waals surface area contributed by atoms with Gasteiger partial charge in [0.15, 0.2) is 0 Å². The van der Waals surface area contributed by atoms with Crippen molar-refractivity contribution >= 4 is 23.5 Å². The van der Waals surface area contributed by atoms with Crippen molar-refractivity contribution < 1.29 is 19.2 Å². The van der Waals surface area contributed by atoms with E-state index in [-0.39, 0.29) is 17.5 Å². The SMILES string of the molecule is Cc1noc(Cl)c1CCC(=O)N[C@@H](C)C(=O)O. The van der Waals surface area contributed by atoms with Gasteiger partial charge >= 0.3 is 5.97 Å². The van der Waals surface area contributed by atoms with Crippen LogP contribution in [0.3, 0.4) is 0 Å². The summed E-state index contributed by atoms with van der Waals surface area (Å²) >= 11 is 5.73. The standard InChI is InChI=1S/C10H13ClN2O4/c1-5-7(9(11)17-13-5)3-4-8(14)12-6(2)10(15)16/h6H,3-4H2,1-2H3,(H,12,14)(H,15,16)/t6-/m0/s1. The van der Waals surface area contributed by atoms with Gasteiger partial charge in [-0.05, 0) is 31.9 Å². The van der Waals surface area contributed by atoms with E-state index in [1.54, 1.807) is 6.92 Å². The molecule has 1 heterocycles. The molecule has 0 saturated heterocycles. The van der Waals surface area contributed by atoms with E-state index in [0.29, 0.717) is 17.7 Å². The molecule has 1 aromatic heterocycles. The predicted molar refractivity (Wildman–Crippen MR) is 59.8 cm³/mol. The summed E-state index contributed by atoms with van der Waals surface area (Å²) in [7, 11) is 0. The molecule has 0 aromatic carbocycles. The number of carboxylic acids is 1. The maximum absolute atomic E-state index is 11.4. The van der Waals surface area contributed by atoms with Crippen LogP contribution in [0.5, 0.6) is 0 Å². The predicted octanol–water partition coefficient (Wildman–Crippen LogP) is 1.16. The Bertz CT molecular complexity index is 410. The van der Waals surface area contributed by atoms with Gasteiger partial charge in [-0.15, -0.1) is 0 Å². The molecular weight excluding hydrogens is 248 g/mol. The summed E-state index contributed by atoms with van der Waals surface area (Å²) in [5.74, 6) is -1.42. The molecule has 1 amide bonds. The summed E-state index contributed by atoms with van der Waals surface area (Å²) < 4.78 is 4.74. The molecule has 0 unspecified atom stereocenters. The first kappa shape index (κ1) is 13.5. The maximum Gasteiger partial charge on any atom is 0.325 e. The minimum absolute atomic E-state index is 0.138. The monoisotopic (exact) mass is 260 g/mol. The molecule has 17 heavy (non-hydrogen) atoms. The average Bonchev–Trinajstić information content (AvgIpc) is 2.56. The van der Waals surface area contributed by atoms with E-state index < -0.39 is 12.0 Å². The van der Waals surface area contributed by atoms with E-state index in [1.807, 2.05) is 0 Å². The first-order valence-electron chi connectivity index (χ1n) is 5.04. The number of carboxylic acid groups (broad SMARTS) is 1. The number of hydrogen-bond donors (Lipinski definition) is 2. The fraction of sp³-hybridized carbons (Fsp3) is 0.500. The van der Waals surface area contributed by atoms with Gasteiger partial charge < -0.3 is 14.9 Å². The molecule has 7 heteroatoms. The van der Waals surface area contributed by atoms with Crippen LogP contribution in [-0.2, 0) is 16.0 Å². The van der Waals surface area contributed by atoms with Crippen LogP contribution in [0.15, 0.2) is 4.52 Å². The van der Waals surface area contributed by atoms with Crippen LogP contribution < -0.4 is 5.32 Å². The minimum atomic E-state index is -1.07. The Morgan fingerprint density at radius 2 is 2.24 bits per heavy atom. The molecule has 0 radical (unpaired) electrons. The largest absolute Gasteiger partial charge is 0.480 e. The maximum atomic E-state index is 11.4. The van der Waals surface area contributed by atoms with E-state index in [0.717, 1.165) is 0 Å². The van der Waals surface area contributed by atoms with Crippen molar-refractivity contribution in [1.29, 1.82) is 0 Å². The smallest absolute Gasteiger partial charge is 0.325 e. The Morgan fingerprint density at radius 1 is 1.59 bits per heavy atom. The fourth-order valence-electron chi connectivity index (χ4n) is 1.25. The van der Waals surface area contributed by atoms with Crippen LogP contribution in [0, 0.1) is 6.92 Å². The Hall–Kier alpha value is -1.56. The molecule has 6 nitrogen and oxygen atoms in total. The quantitative estimate of drug-likeness (QED) is 0.829. The lowest BCUT2D eigenvalue weighted by Crippen LogP contribution is -2.38. The molecule has 1 rings (SSSR count). The highest BCUT2D eigenvalue weighted by Gasteiger charge is 2.16. The highest BCUT2D eigenvalue weighted by molar-refractivity contribution is 6.29. The van der Waals surface area contributed by atoms with Crippen LogP contribution in [0.4, 0.5) is 0 Å². The van der Waals surface area contributed by atoms with Crippen LogP contribution in [0.2, 0.25) is 5.22 Å². The molecule has 0 fully saturated rings. The van der Waals surface area contributed by atoms with Crippen molar-refractivity contribution in [1.82, 2.24) is 10.5 Å². The van der Waals surface area contributed by atoms with E-state index in [4.69, 9.17) is 21.2 Å². The third-order valence-corrected chi connectivity index (χ3v) is 2.58. The van der Waals surface area contributed by atoms with Crippen molar-refractivity contribution in [2.75, 3.05) is 0 Å². The van der Waals surface area contributed by atoms with Crippen LogP contribution in [0.1, 0.15) is 24.6 Å². The zero-order valence-electron chi connectivity index (χ0n) is 9.49. The summed E-state index contributed by atoms with van der Waals surface area (Å²) in [6, 6.07) is -0.901. The topological polar surface area (TPSA) is 92.4 Å². The fourth-order valence-corrected chi connectivity index (χ4v) is 1.52. The lowest BCUT2D eigenvalue weighted by molar-refractivity contribution is -0.141. The Balaban J connectivity index is 2.46. The molecule has 0 aliphatic heterocycles. The van der Waals surface area contributed by atoms with Gasteiger partial charge in [0.05, 0.1) is 5.69 Å². The van der Waals surface area contributed by atoms with Crippen molar-refractivity contribution in [3.8, 4) is 0 Å². The normalized spacial score (nSPS) is 12.2. The van der Waals surface area contributed by atoms with Crippen LogP contribution in [-0.4, -0.2) is 28.2 Å². The van der Waals surface area contributed by atoms with E-state index in [1.165, 1.54) is 6.92 Å². The van der Waals surface area contributed by atoms with Crippen LogP contribution >= 0.6 is 11.6 Å². The molecule has 0 saturated carbocycles. The summed E-state index contributed by atoms with van der Waals surface area (Å²) in [5, 5.41) is 14.8. The first-order valence-corrected chi connectivity index (χ1v) is 5.42. The number of carbonyl (C=O) groups is 2. The minimum Gasteiger partial charge on any atom is -0.480 e. The average molecular weight is 261 g/mol. The number of nitrogens with one attached hydrogen (secondary N) is 1. The number of hydrogen-bond acceptors (Lipinski definition) is 4. The molecule has 0 bridgehead atoms. The van der Waals surface area contributed by atoms with Crippen molar-refractivity contribution in [3.05, 3.63) is 16.5 Å². The van der Waals surface area contributed by atoms with Gasteiger partial charge in [-0.3, -0.25) is 9.59 Å². The van der Waals surface area contributed by atoms with Crippen molar-refractivity contribution in [2.45, 2.75) is 32.7 Å². The summed E-state index contributed by atoms with van der Waals surface area (Å²) in [6.07, 6.45) is 0.506. The van der Waals surface area contributed by atoms with E-state index >= 15 is 0 Å². The second-order valence-electron chi connectivity index (χ2n) is 3.65. The zero-order valence-corrected chi connectivity index (χ0v) is 10.2. The van der Waals surface area contributed by atoms with Gasteiger partial charge in [0, 0.05) is 12.0 Å². The second kappa shape index (κ2) is 5.67. The third kappa shape index (κ3) is 3.74. The molecule has 1 aromatic rings. The zero-order chi connectivity index (χ0) is 13.0. The first-order chi connectivity index (χ1) is 7.91. The number of nitrogens with zero attached hydrogens (tertiary/aromatic N) is 1. The molecule has 0 aliphatic rings. The highest BCUT2D eigenvalue weighted by atomic mass is 35.5. The molecular formula is C10H13ClN2O4. The molecule has 94 valence electrons. The molecule has 1 atom stereocenters. The third-order valence-electron chi connectivity index (χ3n) is 2.29. The van der Waals surface area contributed by atoms with Gasteiger partial charge in [-0.1, -0.05) is 5.16 Å². The number of amides is 1. The number of carbonyl (C=O) groups excluding carboxylic acids is 1. The van der Waals surface area contributed by atoms with Gasteiger partial charge in [-0.2, -0.15) is 0 Å². The summed E-state index contributed by atoms with van der Waals surface area (Å²) in [4.78, 5) is 21.9. The number of aromatic nitrogens is 1. The highest BCUT2D eigenvalue weighted by Crippen LogP contribution is 2.20. The van der Waals surface area contributed by atoms with Gasteiger partial charge in [0.1, 0.15) is 6.04 Å². The summed E-state index contributed by atoms with van der Waals surface area (Å²) in [6.45, 7) is 3.13. The molecule has 0 spiro atoms. The van der Waals surface area contributed by atoms with Gasteiger partial charge in [0.25, 0.3) is 0 Å². The lowest BCUT2D eigenvalue weighted by Gasteiger charge is -2.08. The molecule has 0 aliphatic carbocycles. The van der Waals surface area contributed by atoms with E-state index in [9.17, 15) is 9.59 Å². The van der Waals surface area contributed by atoms with E-state index in [2.05, 4.69) is 10.5 Å². The number of aryl methyl sites for hydroxylation is 1. The lowest BCUT2D eigenvalue weighted by atomic mass is 10.1. The summed E-state index contributed by atoms with van der Waals surface area (Å²) in [5.41, 5.74) is 1.30. The Kier molecular flexibility index (Phi) is 4.51. The number of halogens is 1. The number of rotatable bonds is 5. The Labute approximate surface area is 103 Å². The van der Waals surface area contributed by atoms with Crippen molar-refractivity contribution in [3.63, 3.8) is 0 Å². The van der Waals surface area contributed by atoms with Gasteiger partial charge in [-0.25, -0.2) is 0 Å². The van der Waals surface area contributed by atoms with Crippen molar-refractivity contribution in [2.24, 2.45) is 0 Å². The molecule has 2 N–H and O–H groups in total. The Morgan fingerprint density at radius 3 is 2.71 bits per heavy atom. The number of aliphatic carboxylic acids is 1. The van der Waals surface area contributed by atoms with Gasteiger partial charge in [0.2, 0.25) is 11.1 Å². The second-order valence-corrected chi connectivity index (χ2v) is 3.99. The van der Waals surface area contributed by atoms with Crippen LogP contribution in [0.25, 0.3) is 0 Å².